The first-order valence-electron chi connectivity index (χ1n) is 7.84. The molecule has 0 aliphatic rings. The van der Waals surface area contributed by atoms with Gasteiger partial charge in [-0.25, -0.2) is 0 Å². The average molecular weight is 370 g/mol. The summed E-state index contributed by atoms with van der Waals surface area (Å²) < 4.78 is 10.4. The molecule has 0 radical (unpaired) electrons. The van der Waals surface area contributed by atoms with Crippen molar-refractivity contribution in [2.24, 2.45) is 0 Å². The fraction of sp³-hybridized carbons (Fsp3) is 0.105. The summed E-state index contributed by atoms with van der Waals surface area (Å²) in [5, 5.41) is 7.11. The Morgan fingerprint density at radius 3 is 2.81 bits per heavy atom. The molecule has 1 aromatic heterocycles. The lowest BCUT2D eigenvalue weighted by Crippen LogP contribution is -2.20. The van der Waals surface area contributed by atoms with E-state index in [9.17, 15) is 4.79 Å². The van der Waals surface area contributed by atoms with Crippen LogP contribution >= 0.6 is 11.6 Å². The molecule has 1 N–H and O–H groups in total. The standard InChI is InChI=1S/C19H16ClN3O3/c1-25-16-9-5-2-6-13(16)10-11-17(24)21-12-18-22-19(23-26-18)14-7-3-4-8-15(14)20/h2-11H,12H2,1H3,(H,21,24)/b11-10+. The summed E-state index contributed by atoms with van der Waals surface area (Å²) in [6.07, 6.45) is 3.10. The number of hydrogen-bond donors (Lipinski definition) is 1. The van der Waals surface area contributed by atoms with Crippen LogP contribution in [-0.4, -0.2) is 23.2 Å². The molecule has 3 aromatic rings. The highest BCUT2D eigenvalue weighted by molar-refractivity contribution is 6.33. The van der Waals surface area contributed by atoms with Crippen LogP contribution in [0.1, 0.15) is 11.5 Å². The largest absolute Gasteiger partial charge is 0.496 e. The van der Waals surface area contributed by atoms with E-state index in [1.165, 1.54) is 6.08 Å². The fourth-order valence-corrected chi connectivity index (χ4v) is 2.49. The molecule has 3 rings (SSSR count). The molecule has 0 saturated carbocycles. The lowest BCUT2D eigenvalue weighted by Gasteiger charge is -2.03. The number of methoxy groups -OCH3 is 1. The lowest BCUT2D eigenvalue weighted by atomic mass is 10.2. The molecule has 0 fully saturated rings. The molecule has 0 aliphatic carbocycles. The molecule has 0 unspecified atom stereocenters. The van der Waals surface area contributed by atoms with Crippen LogP contribution in [0.2, 0.25) is 5.02 Å². The van der Waals surface area contributed by atoms with Gasteiger partial charge in [-0.15, -0.1) is 0 Å². The lowest BCUT2D eigenvalue weighted by molar-refractivity contribution is -0.116. The van der Waals surface area contributed by atoms with E-state index < -0.39 is 0 Å². The predicted molar refractivity (Wildman–Crippen MR) is 98.6 cm³/mol. The van der Waals surface area contributed by atoms with E-state index in [2.05, 4.69) is 15.5 Å². The van der Waals surface area contributed by atoms with Crippen molar-refractivity contribution in [1.82, 2.24) is 15.5 Å². The fourth-order valence-electron chi connectivity index (χ4n) is 2.27. The van der Waals surface area contributed by atoms with Gasteiger partial charge >= 0.3 is 0 Å². The molecular weight excluding hydrogens is 354 g/mol. The van der Waals surface area contributed by atoms with Gasteiger partial charge in [0.25, 0.3) is 0 Å². The highest BCUT2D eigenvalue weighted by atomic mass is 35.5. The number of carbonyl (C=O) groups excluding carboxylic acids is 1. The Bertz CT molecular complexity index is 937. The Hall–Kier alpha value is -3.12. The van der Waals surface area contributed by atoms with Gasteiger partial charge < -0.3 is 14.6 Å². The number of amides is 1. The van der Waals surface area contributed by atoms with E-state index in [4.69, 9.17) is 20.9 Å². The maximum atomic E-state index is 12.0. The minimum atomic E-state index is -0.284. The van der Waals surface area contributed by atoms with Crippen molar-refractivity contribution in [2.75, 3.05) is 7.11 Å². The van der Waals surface area contributed by atoms with E-state index in [0.29, 0.717) is 28.1 Å². The maximum Gasteiger partial charge on any atom is 0.246 e. The highest BCUT2D eigenvalue weighted by Gasteiger charge is 2.11. The van der Waals surface area contributed by atoms with Gasteiger partial charge in [-0.2, -0.15) is 4.98 Å². The number of nitrogens with one attached hydrogen (secondary N) is 1. The van der Waals surface area contributed by atoms with E-state index in [-0.39, 0.29) is 12.5 Å². The van der Waals surface area contributed by atoms with E-state index >= 15 is 0 Å². The molecule has 7 heteroatoms. The molecule has 0 saturated heterocycles. The van der Waals surface area contributed by atoms with Crippen molar-refractivity contribution >= 4 is 23.6 Å². The van der Waals surface area contributed by atoms with Crippen LogP contribution in [0, 0.1) is 0 Å². The average Bonchev–Trinajstić information content (AvgIpc) is 3.14. The Kier molecular flexibility index (Phi) is 5.66. The second-order valence-electron chi connectivity index (χ2n) is 5.28. The summed E-state index contributed by atoms with van der Waals surface area (Å²) in [6.45, 7) is 0.118. The third kappa shape index (κ3) is 4.29. The Morgan fingerprint density at radius 1 is 1.23 bits per heavy atom. The van der Waals surface area contributed by atoms with E-state index in [0.717, 1.165) is 5.56 Å². The van der Waals surface area contributed by atoms with Gasteiger partial charge in [-0.3, -0.25) is 4.79 Å². The molecule has 0 atom stereocenters. The zero-order valence-electron chi connectivity index (χ0n) is 14.0. The second kappa shape index (κ2) is 8.31. The number of halogens is 1. The number of benzene rings is 2. The van der Waals surface area contributed by atoms with Crippen LogP contribution < -0.4 is 10.1 Å². The number of para-hydroxylation sites is 1. The molecule has 2 aromatic carbocycles. The van der Waals surface area contributed by atoms with Crippen molar-refractivity contribution in [1.29, 1.82) is 0 Å². The molecule has 1 heterocycles. The summed E-state index contributed by atoms with van der Waals surface area (Å²) in [7, 11) is 1.58. The minimum Gasteiger partial charge on any atom is -0.496 e. The van der Waals surface area contributed by atoms with Gasteiger partial charge in [0, 0.05) is 17.2 Å². The number of carbonyl (C=O) groups is 1. The van der Waals surface area contributed by atoms with Crippen molar-refractivity contribution in [3.8, 4) is 17.1 Å². The number of hydrogen-bond acceptors (Lipinski definition) is 5. The zero-order valence-corrected chi connectivity index (χ0v) is 14.7. The summed E-state index contributed by atoms with van der Waals surface area (Å²) in [4.78, 5) is 16.2. The van der Waals surface area contributed by atoms with Crippen molar-refractivity contribution in [3.05, 3.63) is 71.1 Å². The number of nitrogens with zero attached hydrogens (tertiary/aromatic N) is 2. The first-order valence-corrected chi connectivity index (χ1v) is 8.21. The number of aromatic nitrogens is 2. The topological polar surface area (TPSA) is 77.2 Å². The van der Waals surface area contributed by atoms with Crippen molar-refractivity contribution in [2.45, 2.75) is 6.54 Å². The van der Waals surface area contributed by atoms with Crippen LogP contribution in [0.25, 0.3) is 17.5 Å². The smallest absolute Gasteiger partial charge is 0.246 e. The number of rotatable bonds is 6. The predicted octanol–water partition coefficient (Wildman–Crippen LogP) is 3.73. The van der Waals surface area contributed by atoms with Crippen molar-refractivity contribution < 1.29 is 14.1 Å². The molecular formula is C19H16ClN3O3. The van der Waals surface area contributed by atoms with Crippen LogP contribution in [0.15, 0.2) is 59.1 Å². The van der Waals surface area contributed by atoms with Gasteiger partial charge in [-0.05, 0) is 24.3 Å². The molecule has 1 amide bonds. The summed E-state index contributed by atoms with van der Waals surface area (Å²) in [6, 6.07) is 14.6. The Morgan fingerprint density at radius 2 is 2.00 bits per heavy atom. The molecule has 0 spiro atoms. The minimum absolute atomic E-state index is 0.118. The van der Waals surface area contributed by atoms with Gasteiger partial charge in [0.15, 0.2) is 0 Å². The summed E-state index contributed by atoms with van der Waals surface area (Å²) in [5.74, 6) is 1.08. The molecule has 6 nitrogen and oxygen atoms in total. The summed E-state index contributed by atoms with van der Waals surface area (Å²) in [5.41, 5.74) is 1.48. The van der Waals surface area contributed by atoms with Crippen LogP contribution in [0.3, 0.4) is 0 Å². The second-order valence-corrected chi connectivity index (χ2v) is 5.69. The van der Waals surface area contributed by atoms with E-state index in [1.807, 2.05) is 36.4 Å². The molecule has 132 valence electrons. The number of ether oxygens (including phenoxy) is 1. The third-order valence-corrected chi connectivity index (χ3v) is 3.88. The normalized spacial score (nSPS) is 10.8. The van der Waals surface area contributed by atoms with Crippen molar-refractivity contribution in [3.63, 3.8) is 0 Å². The van der Waals surface area contributed by atoms with Gasteiger partial charge in [0.2, 0.25) is 17.6 Å². The first-order chi connectivity index (χ1) is 12.7. The van der Waals surface area contributed by atoms with E-state index in [1.54, 1.807) is 25.3 Å². The first kappa shape index (κ1) is 17.7. The van der Waals surface area contributed by atoms with Crippen LogP contribution in [0.4, 0.5) is 0 Å². The monoisotopic (exact) mass is 369 g/mol. The molecule has 0 bridgehead atoms. The molecule has 0 aliphatic heterocycles. The SMILES string of the molecule is COc1ccccc1/C=C/C(=O)NCc1nc(-c2ccccc2Cl)no1. The summed E-state index contributed by atoms with van der Waals surface area (Å²) >= 11 is 6.11. The quantitative estimate of drug-likeness (QED) is 0.670. The Balaban J connectivity index is 1.60. The maximum absolute atomic E-state index is 12.0. The van der Waals surface area contributed by atoms with Gasteiger partial charge in [0.1, 0.15) is 5.75 Å². The third-order valence-electron chi connectivity index (χ3n) is 3.55. The van der Waals surface area contributed by atoms with Gasteiger partial charge in [0.05, 0.1) is 18.7 Å². The van der Waals surface area contributed by atoms with Crippen LogP contribution in [-0.2, 0) is 11.3 Å². The zero-order chi connectivity index (χ0) is 18.4. The van der Waals surface area contributed by atoms with Gasteiger partial charge in [-0.1, -0.05) is 47.1 Å². The molecule has 26 heavy (non-hydrogen) atoms. The van der Waals surface area contributed by atoms with Crippen LogP contribution in [0.5, 0.6) is 5.75 Å². The highest BCUT2D eigenvalue weighted by Crippen LogP contribution is 2.24. The Labute approximate surface area is 155 Å².